The van der Waals surface area contributed by atoms with E-state index in [9.17, 15) is 9.59 Å². The van der Waals surface area contributed by atoms with E-state index in [2.05, 4.69) is 10.2 Å². The van der Waals surface area contributed by atoms with E-state index in [0.29, 0.717) is 6.04 Å². The smallest absolute Gasteiger partial charge is 0.302 e. The van der Waals surface area contributed by atoms with Crippen molar-refractivity contribution in [3.05, 3.63) is 0 Å². The number of esters is 1. The first-order valence-corrected chi connectivity index (χ1v) is 8.58. The van der Waals surface area contributed by atoms with Crippen molar-refractivity contribution in [3.8, 4) is 0 Å². The van der Waals surface area contributed by atoms with E-state index in [4.69, 9.17) is 4.74 Å². The van der Waals surface area contributed by atoms with E-state index in [1.807, 2.05) is 13.8 Å². The SMILES string of the molecule is CC(=O)OCC(C)(C)C(=O)N(C1CCCCC1)[C@H]1CCNC1. The van der Waals surface area contributed by atoms with Gasteiger partial charge in [0.15, 0.2) is 0 Å². The second-order valence-electron chi connectivity index (χ2n) is 7.32. The second-order valence-corrected chi connectivity index (χ2v) is 7.32. The van der Waals surface area contributed by atoms with Gasteiger partial charge in [-0.15, -0.1) is 0 Å². The van der Waals surface area contributed by atoms with Crippen LogP contribution in [0.1, 0.15) is 59.3 Å². The van der Waals surface area contributed by atoms with Crippen LogP contribution in [-0.2, 0) is 14.3 Å². The van der Waals surface area contributed by atoms with Crippen molar-refractivity contribution in [1.82, 2.24) is 10.2 Å². The van der Waals surface area contributed by atoms with Gasteiger partial charge in [0.25, 0.3) is 0 Å². The molecule has 2 rings (SSSR count). The molecule has 0 spiro atoms. The van der Waals surface area contributed by atoms with Crippen molar-refractivity contribution >= 4 is 11.9 Å². The van der Waals surface area contributed by atoms with Gasteiger partial charge >= 0.3 is 5.97 Å². The fourth-order valence-electron chi connectivity index (χ4n) is 3.56. The van der Waals surface area contributed by atoms with Crippen LogP contribution in [0.3, 0.4) is 0 Å². The number of nitrogens with one attached hydrogen (secondary N) is 1. The summed E-state index contributed by atoms with van der Waals surface area (Å²) in [5, 5.41) is 3.37. The van der Waals surface area contributed by atoms with Crippen LogP contribution in [-0.4, -0.2) is 48.6 Å². The molecular weight excluding hydrogens is 280 g/mol. The minimum Gasteiger partial charge on any atom is -0.465 e. The van der Waals surface area contributed by atoms with E-state index in [-0.39, 0.29) is 24.5 Å². The van der Waals surface area contributed by atoms with Gasteiger partial charge in [-0.3, -0.25) is 9.59 Å². The van der Waals surface area contributed by atoms with Gasteiger partial charge in [-0.05, 0) is 39.7 Å². The lowest BCUT2D eigenvalue weighted by Gasteiger charge is -2.42. The van der Waals surface area contributed by atoms with Crippen LogP contribution < -0.4 is 5.32 Å². The van der Waals surface area contributed by atoms with Crippen molar-refractivity contribution in [3.63, 3.8) is 0 Å². The highest BCUT2D eigenvalue weighted by Gasteiger charge is 2.40. The fraction of sp³-hybridized carbons (Fsp3) is 0.882. The van der Waals surface area contributed by atoms with E-state index < -0.39 is 5.41 Å². The molecule has 1 saturated heterocycles. The summed E-state index contributed by atoms with van der Waals surface area (Å²) in [5.74, 6) is -0.193. The highest BCUT2D eigenvalue weighted by atomic mass is 16.5. The van der Waals surface area contributed by atoms with Crippen LogP contribution in [0.25, 0.3) is 0 Å². The molecule has 1 atom stereocenters. The van der Waals surface area contributed by atoms with Crippen LogP contribution in [0.5, 0.6) is 0 Å². The molecule has 2 aliphatic rings. The van der Waals surface area contributed by atoms with E-state index >= 15 is 0 Å². The molecule has 2 fully saturated rings. The van der Waals surface area contributed by atoms with E-state index in [1.54, 1.807) is 0 Å². The Kier molecular flexibility index (Phi) is 5.84. The Balaban J connectivity index is 2.11. The molecule has 22 heavy (non-hydrogen) atoms. The van der Waals surface area contributed by atoms with Crippen molar-refractivity contribution < 1.29 is 14.3 Å². The zero-order valence-corrected chi connectivity index (χ0v) is 14.2. The van der Waals surface area contributed by atoms with Gasteiger partial charge in [0.2, 0.25) is 5.91 Å². The summed E-state index contributed by atoms with van der Waals surface area (Å²) in [6, 6.07) is 0.634. The fourth-order valence-corrected chi connectivity index (χ4v) is 3.56. The van der Waals surface area contributed by atoms with Crippen LogP contribution in [0.2, 0.25) is 0 Å². The van der Waals surface area contributed by atoms with Crippen LogP contribution >= 0.6 is 0 Å². The first kappa shape index (κ1) is 17.3. The number of hydrogen-bond acceptors (Lipinski definition) is 4. The number of rotatable bonds is 5. The third kappa shape index (κ3) is 4.22. The molecule has 1 saturated carbocycles. The predicted molar refractivity (Wildman–Crippen MR) is 85.4 cm³/mol. The van der Waals surface area contributed by atoms with Crippen molar-refractivity contribution in [2.45, 2.75) is 71.4 Å². The molecule has 0 bridgehead atoms. The highest BCUT2D eigenvalue weighted by molar-refractivity contribution is 5.83. The van der Waals surface area contributed by atoms with Crippen LogP contribution in [0.4, 0.5) is 0 Å². The number of hydrogen-bond donors (Lipinski definition) is 1. The lowest BCUT2D eigenvalue weighted by atomic mass is 9.87. The van der Waals surface area contributed by atoms with Crippen molar-refractivity contribution in [1.29, 1.82) is 0 Å². The average Bonchev–Trinajstić information content (AvgIpc) is 3.00. The third-order valence-corrected chi connectivity index (χ3v) is 4.85. The molecule has 0 unspecified atom stereocenters. The lowest BCUT2D eigenvalue weighted by molar-refractivity contribution is -0.155. The zero-order chi connectivity index (χ0) is 16.2. The Hall–Kier alpha value is -1.10. The minimum atomic E-state index is -0.661. The molecule has 1 amide bonds. The number of nitrogens with zero attached hydrogens (tertiary/aromatic N) is 1. The van der Waals surface area contributed by atoms with Crippen molar-refractivity contribution in [2.24, 2.45) is 5.41 Å². The molecule has 5 nitrogen and oxygen atoms in total. The summed E-state index contributed by atoms with van der Waals surface area (Å²) in [4.78, 5) is 26.4. The van der Waals surface area contributed by atoms with Gasteiger partial charge in [0.05, 0.1) is 5.41 Å². The summed E-state index contributed by atoms with van der Waals surface area (Å²) in [6.07, 6.45) is 6.92. The Bertz CT molecular complexity index is 397. The molecule has 0 aromatic rings. The lowest BCUT2D eigenvalue weighted by Crippen LogP contribution is -2.54. The largest absolute Gasteiger partial charge is 0.465 e. The Morgan fingerprint density at radius 2 is 1.82 bits per heavy atom. The third-order valence-electron chi connectivity index (χ3n) is 4.85. The maximum absolute atomic E-state index is 13.2. The maximum atomic E-state index is 13.2. The summed E-state index contributed by atoms with van der Waals surface area (Å²) in [7, 11) is 0. The maximum Gasteiger partial charge on any atom is 0.302 e. The first-order valence-electron chi connectivity index (χ1n) is 8.58. The standard InChI is InChI=1S/C17H30N2O3/c1-13(20)22-12-17(2,3)16(21)19(15-9-10-18-11-15)14-7-5-4-6-8-14/h14-15,18H,4-12H2,1-3H3/t15-/m0/s1. The quantitative estimate of drug-likeness (QED) is 0.790. The molecule has 1 N–H and O–H groups in total. The molecule has 0 aromatic heterocycles. The summed E-state index contributed by atoms with van der Waals surface area (Å²) in [6.45, 7) is 7.18. The normalized spacial score (nSPS) is 23.3. The zero-order valence-electron chi connectivity index (χ0n) is 14.2. The van der Waals surface area contributed by atoms with Crippen LogP contribution in [0, 0.1) is 5.41 Å². The number of carbonyl (C=O) groups excluding carboxylic acids is 2. The number of ether oxygens (including phenoxy) is 1. The molecule has 1 heterocycles. The minimum absolute atomic E-state index is 0.134. The van der Waals surface area contributed by atoms with Gasteiger partial charge in [-0.25, -0.2) is 0 Å². The van der Waals surface area contributed by atoms with E-state index in [1.165, 1.54) is 26.2 Å². The van der Waals surface area contributed by atoms with E-state index in [0.717, 1.165) is 32.4 Å². The van der Waals surface area contributed by atoms with Gasteiger partial charge in [0, 0.05) is 25.6 Å². The monoisotopic (exact) mass is 310 g/mol. The summed E-state index contributed by atoms with van der Waals surface area (Å²) in [5.41, 5.74) is -0.661. The number of carbonyl (C=O) groups is 2. The van der Waals surface area contributed by atoms with Crippen molar-refractivity contribution in [2.75, 3.05) is 19.7 Å². The van der Waals surface area contributed by atoms with Gasteiger partial charge in [-0.1, -0.05) is 19.3 Å². The molecule has 1 aliphatic heterocycles. The molecule has 5 heteroatoms. The highest BCUT2D eigenvalue weighted by Crippen LogP contribution is 2.30. The molecule has 126 valence electrons. The first-order chi connectivity index (χ1) is 10.4. The molecular formula is C17H30N2O3. The summed E-state index contributed by atoms with van der Waals surface area (Å²) >= 11 is 0. The molecule has 0 radical (unpaired) electrons. The Morgan fingerprint density at radius 3 is 2.36 bits per heavy atom. The second kappa shape index (κ2) is 7.44. The van der Waals surface area contributed by atoms with Crippen LogP contribution in [0.15, 0.2) is 0 Å². The van der Waals surface area contributed by atoms with Gasteiger partial charge in [0.1, 0.15) is 6.61 Å². The Labute approximate surface area is 133 Å². The van der Waals surface area contributed by atoms with Gasteiger partial charge in [-0.2, -0.15) is 0 Å². The summed E-state index contributed by atoms with van der Waals surface area (Å²) < 4.78 is 5.13. The molecule has 0 aromatic carbocycles. The Morgan fingerprint density at radius 1 is 1.14 bits per heavy atom. The molecule has 1 aliphatic carbocycles. The number of amides is 1. The van der Waals surface area contributed by atoms with Gasteiger partial charge < -0.3 is 15.0 Å². The predicted octanol–water partition coefficient (Wildman–Crippen LogP) is 2.10. The topological polar surface area (TPSA) is 58.6 Å². The average molecular weight is 310 g/mol.